The third-order valence-corrected chi connectivity index (χ3v) is 8.87. The third kappa shape index (κ3) is 5.05. The van der Waals surface area contributed by atoms with Crippen molar-refractivity contribution in [2.24, 2.45) is 23.2 Å². The Morgan fingerprint density at radius 2 is 1.60 bits per heavy atom. The lowest BCUT2D eigenvalue weighted by molar-refractivity contribution is -0.144. The summed E-state index contributed by atoms with van der Waals surface area (Å²) < 4.78 is 29.5. The number of benzene rings is 1. The first-order valence-electron chi connectivity index (χ1n) is 11.0. The molecule has 0 saturated heterocycles. The topological polar surface area (TPSA) is 89.5 Å². The van der Waals surface area contributed by atoms with Crippen molar-refractivity contribution in [3.8, 4) is 0 Å². The summed E-state index contributed by atoms with van der Waals surface area (Å²) in [5.41, 5.74) is 0.147. The summed E-state index contributed by atoms with van der Waals surface area (Å²) in [7, 11) is -3.37. The maximum Gasteiger partial charge on any atom is 0.325 e. The highest BCUT2D eigenvalue weighted by molar-refractivity contribution is 7.91. The molecule has 4 aliphatic carbocycles. The van der Waals surface area contributed by atoms with Gasteiger partial charge in [0.25, 0.3) is 0 Å². The van der Waals surface area contributed by atoms with Crippen LogP contribution in [0.15, 0.2) is 35.2 Å². The highest BCUT2D eigenvalue weighted by atomic mass is 32.2. The molecule has 7 heteroatoms. The van der Waals surface area contributed by atoms with Gasteiger partial charge in [0.15, 0.2) is 9.84 Å². The van der Waals surface area contributed by atoms with Crippen molar-refractivity contribution in [1.82, 2.24) is 5.32 Å². The molecule has 4 saturated carbocycles. The van der Waals surface area contributed by atoms with Crippen LogP contribution in [-0.2, 0) is 24.2 Å². The van der Waals surface area contributed by atoms with Gasteiger partial charge >= 0.3 is 5.97 Å². The van der Waals surface area contributed by atoms with Crippen LogP contribution in [0.3, 0.4) is 0 Å². The average Bonchev–Trinajstić information content (AvgIpc) is 2.69. The van der Waals surface area contributed by atoms with Crippen molar-refractivity contribution >= 4 is 21.7 Å². The van der Waals surface area contributed by atoms with Crippen LogP contribution in [0.25, 0.3) is 0 Å². The van der Waals surface area contributed by atoms with Gasteiger partial charge < -0.3 is 10.1 Å². The van der Waals surface area contributed by atoms with Gasteiger partial charge in [-0.2, -0.15) is 0 Å². The summed E-state index contributed by atoms with van der Waals surface area (Å²) in [5.74, 6) is 1.71. The molecule has 0 radical (unpaired) electrons. The Labute approximate surface area is 178 Å². The van der Waals surface area contributed by atoms with Crippen LogP contribution >= 0.6 is 0 Å². The van der Waals surface area contributed by atoms with Gasteiger partial charge in [-0.25, -0.2) is 8.42 Å². The fourth-order valence-corrected chi connectivity index (χ4v) is 7.62. The van der Waals surface area contributed by atoms with E-state index in [4.69, 9.17) is 4.74 Å². The first-order chi connectivity index (χ1) is 14.3. The molecule has 6 nitrogen and oxygen atoms in total. The predicted molar refractivity (Wildman–Crippen MR) is 112 cm³/mol. The first-order valence-corrected chi connectivity index (χ1v) is 12.7. The maximum atomic E-state index is 12.5. The lowest BCUT2D eigenvalue weighted by Gasteiger charge is -2.56. The minimum absolute atomic E-state index is 0.0236. The Kier molecular flexibility index (Phi) is 6.19. The van der Waals surface area contributed by atoms with Crippen LogP contribution in [0.5, 0.6) is 0 Å². The molecular formula is C23H31NO5S. The van der Waals surface area contributed by atoms with E-state index in [1.165, 1.54) is 19.3 Å². The van der Waals surface area contributed by atoms with Crippen LogP contribution in [-0.4, -0.2) is 39.2 Å². The van der Waals surface area contributed by atoms with Crippen molar-refractivity contribution in [3.63, 3.8) is 0 Å². The second kappa shape index (κ2) is 8.69. The van der Waals surface area contributed by atoms with E-state index >= 15 is 0 Å². The number of sulfone groups is 1. The van der Waals surface area contributed by atoms with Crippen molar-refractivity contribution in [1.29, 1.82) is 0 Å². The van der Waals surface area contributed by atoms with E-state index in [1.54, 1.807) is 30.3 Å². The van der Waals surface area contributed by atoms with Gasteiger partial charge in [0.1, 0.15) is 6.54 Å². The Balaban J connectivity index is 1.14. The first kappa shape index (κ1) is 21.3. The molecule has 0 atom stereocenters. The molecular weight excluding hydrogens is 402 g/mol. The number of carbonyl (C=O) groups is 2. The molecule has 0 spiro atoms. The highest BCUT2D eigenvalue weighted by Crippen LogP contribution is 2.61. The van der Waals surface area contributed by atoms with E-state index in [0.717, 1.165) is 37.0 Å². The number of carbonyl (C=O) groups excluding carboxylic acids is 2. The quantitative estimate of drug-likeness (QED) is 0.477. The molecule has 4 bridgehead atoms. The number of rotatable bonds is 9. The Morgan fingerprint density at radius 3 is 2.20 bits per heavy atom. The van der Waals surface area contributed by atoms with Crippen LogP contribution < -0.4 is 5.32 Å². The number of hydrogen-bond donors (Lipinski definition) is 1. The molecule has 1 aromatic rings. The molecule has 4 fully saturated rings. The van der Waals surface area contributed by atoms with E-state index in [-0.39, 0.29) is 41.5 Å². The van der Waals surface area contributed by atoms with Crippen LogP contribution in [0.1, 0.15) is 51.4 Å². The van der Waals surface area contributed by atoms with Crippen LogP contribution in [0.2, 0.25) is 0 Å². The molecule has 0 aliphatic heterocycles. The molecule has 0 aromatic heterocycles. The zero-order valence-corrected chi connectivity index (χ0v) is 18.2. The number of nitrogens with one attached hydrogen (secondary N) is 1. The Bertz CT molecular complexity index is 845. The van der Waals surface area contributed by atoms with Gasteiger partial charge in [-0.15, -0.1) is 0 Å². The lowest BCUT2D eigenvalue weighted by atomic mass is 9.49. The van der Waals surface area contributed by atoms with E-state index in [0.29, 0.717) is 6.42 Å². The Morgan fingerprint density at radius 1 is 1.00 bits per heavy atom. The van der Waals surface area contributed by atoms with Gasteiger partial charge in [0, 0.05) is 6.42 Å². The monoisotopic (exact) mass is 433 g/mol. The smallest absolute Gasteiger partial charge is 0.325 e. The lowest BCUT2D eigenvalue weighted by Crippen LogP contribution is -2.48. The molecule has 5 rings (SSSR count). The summed E-state index contributed by atoms with van der Waals surface area (Å²) in [6.45, 7) is -0.133. The Hall–Kier alpha value is -1.89. The van der Waals surface area contributed by atoms with Crippen LogP contribution in [0, 0.1) is 23.2 Å². The summed E-state index contributed by atoms with van der Waals surface area (Å²) >= 11 is 0. The molecule has 0 heterocycles. The predicted octanol–water partition coefficient (Wildman–Crippen LogP) is 3.12. The fraction of sp³-hybridized carbons (Fsp3) is 0.652. The van der Waals surface area contributed by atoms with Gasteiger partial charge in [-0.05, 0) is 80.2 Å². The molecule has 30 heavy (non-hydrogen) atoms. The number of hydrogen-bond acceptors (Lipinski definition) is 5. The number of esters is 1. The maximum absolute atomic E-state index is 12.5. The van der Waals surface area contributed by atoms with Gasteiger partial charge in [-0.3, -0.25) is 9.59 Å². The van der Waals surface area contributed by atoms with Gasteiger partial charge in [-0.1, -0.05) is 18.2 Å². The SMILES string of the molecule is O=C(CC12CC3CC(CC(C3)C1)C2)NCC(=O)OCCCS(=O)(=O)c1ccccc1. The van der Waals surface area contributed by atoms with Crippen molar-refractivity contribution in [2.45, 2.75) is 56.3 Å². The standard InChI is InChI=1S/C23H31NO5S/c25-21(15-23-12-17-9-18(13-23)11-19(10-17)14-23)24-16-22(26)29-7-4-8-30(27,28)20-5-2-1-3-6-20/h1-3,5-6,17-19H,4,7-16H2,(H,24,25). The van der Waals surface area contributed by atoms with Crippen molar-refractivity contribution in [3.05, 3.63) is 30.3 Å². The zero-order valence-electron chi connectivity index (χ0n) is 17.3. The second-order valence-electron chi connectivity index (χ2n) is 9.58. The molecule has 164 valence electrons. The number of amides is 1. The summed E-state index contributed by atoms with van der Waals surface area (Å²) in [4.78, 5) is 24.6. The molecule has 1 N–H and O–H groups in total. The zero-order chi connectivity index (χ0) is 21.2. The van der Waals surface area contributed by atoms with Gasteiger partial charge in [0.05, 0.1) is 17.3 Å². The van der Waals surface area contributed by atoms with Crippen molar-refractivity contribution < 1.29 is 22.7 Å². The average molecular weight is 434 g/mol. The van der Waals surface area contributed by atoms with Crippen LogP contribution in [0.4, 0.5) is 0 Å². The van der Waals surface area contributed by atoms with E-state index in [9.17, 15) is 18.0 Å². The normalized spacial score (nSPS) is 29.5. The minimum Gasteiger partial charge on any atom is -0.464 e. The summed E-state index contributed by atoms with van der Waals surface area (Å²) in [6.07, 6.45) is 8.24. The summed E-state index contributed by atoms with van der Waals surface area (Å²) in [5, 5.41) is 2.71. The second-order valence-corrected chi connectivity index (χ2v) is 11.7. The highest BCUT2D eigenvalue weighted by Gasteiger charge is 2.51. The van der Waals surface area contributed by atoms with E-state index < -0.39 is 15.8 Å². The summed E-state index contributed by atoms with van der Waals surface area (Å²) in [6, 6.07) is 8.23. The third-order valence-electron chi connectivity index (χ3n) is 7.05. The molecule has 4 aliphatic rings. The molecule has 0 unspecified atom stereocenters. The van der Waals surface area contributed by atoms with E-state index in [2.05, 4.69) is 5.32 Å². The largest absolute Gasteiger partial charge is 0.464 e. The fourth-order valence-electron chi connectivity index (χ4n) is 6.31. The van der Waals surface area contributed by atoms with Crippen molar-refractivity contribution in [2.75, 3.05) is 18.9 Å². The number of ether oxygens (including phenoxy) is 1. The van der Waals surface area contributed by atoms with Gasteiger partial charge in [0.2, 0.25) is 5.91 Å². The minimum atomic E-state index is -3.37. The molecule has 1 amide bonds. The van der Waals surface area contributed by atoms with E-state index in [1.807, 2.05) is 0 Å². The molecule has 1 aromatic carbocycles.